The van der Waals surface area contributed by atoms with Gasteiger partial charge in [0.1, 0.15) is 11.9 Å². The molecule has 0 bridgehead atoms. The molecule has 2 aliphatic rings. The van der Waals surface area contributed by atoms with E-state index in [1.807, 2.05) is 0 Å². The molecule has 0 saturated carbocycles. The number of hydrogen-bond acceptors (Lipinski definition) is 5. The van der Waals surface area contributed by atoms with E-state index in [9.17, 15) is 14.0 Å². The highest BCUT2D eigenvalue weighted by Gasteiger charge is 2.42. The van der Waals surface area contributed by atoms with E-state index in [2.05, 4.69) is 16.7 Å². The van der Waals surface area contributed by atoms with Crippen LogP contribution in [0.15, 0.2) is 41.4 Å². The van der Waals surface area contributed by atoms with Crippen molar-refractivity contribution in [1.29, 1.82) is 0 Å². The third-order valence-electron chi connectivity index (χ3n) is 5.30. The van der Waals surface area contributed by atoms with Gasteiger partial charge in [-0.1, -0.05) is 23.9 Å². The predicted octanol–water partition coefficient (Wildman–Crippen LogP) is 2.11. The van der Waals surface area contributed by atoms with Crippen molar-refractivity contribution in [2.75, 3.05) is 19.6 Å². The van der Waals surface area contributed by atoms with Crippen LogP contribution < -0.4 is 0 Å². The molecular weight excluding hydrogens is 363 g/mol. The van der Waals surface area contributed by atoms with Gasteiger partial charge in [0.15, 0.2) is 5.82 Å². The molecule has 3 heterocycles. The third kappa shape index (κ3) is 3.54. The molecular formula is C20H21FN4O3. The Kier molecular flexibility index (Phi) is 4.93. The number of benzene rings is 1. The maximum atomic E-state index is 13.0. The van der Waals surface area contributed by atoms with Crippen LogP contribution in [0.4, 0.5) is 4.39 Å². The number of carbonyl (C=O) groups excluding carboxylic acids is 2. The van der Waals surface area contributed by atoms with Crippen molar-refractivity contribution >= 4 is 11.8 Å². The summed E-state index contributed by atoms with van der Waals surface area (Å²) in [5.74, 6) is 0.333. The second-order valence-electron chi connectivity index (χ2n) is 7.19. The molecule has 2 saturated heterocycles. The van der Waals surface area contributed by atoms with Gasteiger partial charge in [-0.15, -0.1) is 0 Å². The van der Waals surface area contributed by atoms with Crippen molar-refractivity contribution < 1.29 is 18.5 Å². The Morgan fingerprint density at radius 3 is 2.75 bits per heavy atom. The lowest BCUT2D eigenvalue weighted by atomic mass is 9.98. The van der Waals surface area contributed by atoms with E-state index >= 15 is 0 Å². The number of halogens is 1. The third-order valence-corrected chi connectivity index (χ3v) is 5.30. The van der Waals surface area contributed by atoms with Crippen molar-refractivity contribution in [1.82, 2.24) is 19.9 Å². The van der Waals surface area contributed by atoms with Gasteiger partial charge in [0.25, 0.3) is 0 Å². The van der Waals surface area contributed by atoms with Gasteiger partial charge in [0.05, 0.1) is 5.92 Å². The first-order valence-corrected chi connectivity index (χ1v) is 9.34. The van der Waals surface area contributed by atoms with Gasteiger partial charge >= 0.3 is 0 Å². The Morgan fingerprint density at radius 2 is 2.04 bits per heavy atom. The molecule has 0 spiro atoms. The average Bonchev–Trinajstić information content (AvgIpc) is 3.31. The average molecular weight is 384 g/mol. The summed E-state index contributed by atoms with van der Waals surface area (Å²) in [5.41, 5.74) is 0.884. The Labute approximate surface area is 161 Å². The highest BCUT2D eigenvalue weighted by atomic mass is 19.1. The molecule has 7 nitrogen and oxygen atoms in total. The number of amides is 2. The van der Waals surface area contributed by atoms with Gasteiger partial charge in [-0.3, -0.25) is 9.59 Å². The Hall–Kier alpha value is -3.03. The van der Waals surface area contributed by atoms with E-state index in [0.29, 0.717) is 37.8 Å². The van der Waals surface area contributed by atoms with Crippen LogP contribution in [-0.4, -0.2) is 51.4 Å². The zero-order chi connectivity index (χ0) is 19.7. The fraction of sp³-hybridized carbons (Fsp3) is 0.400. The lowest BCUT2D eigenvalue weighted by Crippen LogP contribution is -2.55. The topological polar surface area (TPSA) is 79.5 Å². The maximum absolute atomic E-state index is 13.0. The van der Waals surface area contributed by atoms with Crippen molar-refractivity contribution in [3.8, 4) is 0 Å². The number of carbonyl (C=O) groups is 2. The van der Waals surface area contributed by atoms with Gasteiger partial charge < -0.3 is 14.3 Å². The molecule has 0 N–H and O–H groups in total. The minimum atomic E-state index is -0.290. The van der Waals surface area contributed by atoms with Crippen LogP contribution in [0.1, 0.15) is 36.2 Å². The summed E-state index contributed by atoms with van der Waals surface area (Å²) in [6.07, 6.45) is 3.34. The fourth-order valence-electron chi connectivity index (χ4n) is 3.73. The second-order valence-corrected chi connectivity index (χ2v) is 7.19. The summed E-state index contributed by atoms with van der Waals surface area (Å²) >= 11 is 0. The Balaban J connectivity index is 1.40. The molecule has 146 valence electrons. The maximum Gasteiger partial charge on any atom is 0.249 e. The molecule has 8 heteroatoms. The van der Waals surface area contributed by atoms with Crippen molar-refractivity contribution in [2.45, 2.75) is 25.3 Å². The van der Waals surface area contributed by atoms with E-state index in [1.54, 1.807) is 21.9 Å². The van der Waals surface area contributed by atoms with E-state index in [-0.39, 0.29) is 29.6 Å². The molecule has 2 fully saturated rings. The summed E-state index contributed by atoms with van der Waals surface area (Å²) in [4.78, 5) is 32.3. The Bertz CT molecular complexity index is 889. The van der Waals surface area contributed by atoms with Gasteiger partial charge in [-0.2, -0.15) is 4.98 Å². The number of aromatic nitrogens is 2. The molecule has 1 aromatic heterocycles. The molecule has 1 aromatic carbocycles. The smallest absolute Gasteiger partial charge is 0.249 e. The highest BCUT2D eigenvalue weighted by Crippen LogP contribution is 2.33. The van der Waals surface area contributed by atoms with Crippen LogP contribution in [-0.2, 0) is 16.0 Å². The molecule has 2 aromatic rings. The zero-order valence-electron chi connectivity index (χ0n) is 15.4. The number of likely N-dealkylation sites (tertiary alicyclic amines) is 2. The lowest BCUT2D eigenvalue weighted by Gasteiger charge is -2.40. The Morgan fingerprint density at radius 1 is 1.29 bits per heavy atom. The summed E-state index contributed by atoms with van der Waals surface area (Å²) in [6.45, 7) is 4.96. The number of rotatable bonds is 5. The lowest BCUT2D eigenvalue weighted by molar-refractivity contribution is -0.147. The first-order valence-electron chi connectivity index (χ1n) is 9.34. The van der Waals surface area contributed by atoms with E-state index in [1.165, 1.54) is 18.2 Å². The second kappa shape index (κ2) is 7.53. The summed E-state index contributed by atoms with van der Waals surface area (Å²) in [6, 6.07) is 5.93. The van der Waals surface area contributed by atoms with Crippen LogP contribution in [0, 0.1) is 11.7 Å². The normalized spacial score (nSPS) is 19.5. The first-order chi connectivity index (χ1) is 13.5. The quantitative estimate of drug-likeness (QED) is 0.738. The molecule has 0 radical (unpaired) electrons. The molecule has 28 heavy (non-hydrogen) atoms. The summed E-state index contributed by atoms with van der Waals surface area (Å²) in [7, 11) is 0. The van der Waals surface area contributed by atoms with Crippen LogP contribution >= 0.6 is 0 Å². The van der Waals surface area contributed by atoms with Gasteiger partial charge in [0.2, 0.25) is 17.7 Å². The minimum absolute atomic E-state index is 0.0221. The SMILES string of the molecule is C=CC(=O)N1CC(C(=O)N2CCCC2c2nc(Cc3ccc(F)cc3)no2)C1. The monoisotopic (exact) mass is 384 g/mol. The molecule has 1 unspecified atom stereocenters. The minimum Gasteiger partial charge on any atom is -0.337 e. The van der Waals surface area contributed by atoms with Crippen LogP contribution in [0.5, 0.6) is 0 Å². The van der Waals surface area contributed by atoms with E-state index in [4.69, 9.17) is 4.52 Å². The predicted molar refractivity (Wildman–Crippen MR) is 97.5 cm³/mol. The van der Waals surface area contributed by atoms with Crippen LogP contribution in [0.3, 0.4) is 0 Å². The van der Waals surface area contributed by atoms with Gasteiger partial charge in [-0.25, -0.2) is 4.39 Å². The van der Waals surface area contributed by atoms with E-state index in [0.717, 1.165) is 18.4 Å². The summed E-state index contributed by atoms with van der Waals surface area (Å²) < 4.78 is 18.5. The molecule has 2 aliphatic heterocycles. The first kappa shape index (κ1) is 18.3. The standard InChI is InChI=1S/C20H21FN4O3/c1-2-18(26)24-11-14(12-24)20(27)25-9-3-4-16(25)19-22-17(23-28-19)10-13-5-7-15(21)8-6-13/h2,5-8,14,16H,1,3-4,9-12H2. The highest BCUT2D eigenvalue weighted by molar-refractivity contribution is 5.90. The molecule has 0 aliphatic carbocycles. The number of nitrogens with zero attached hydrogens (tertiary/aromatic N) is 4. The van der Waals surface area contributed by atoms with Crippen LogP contribution in [0.2, 0.25) is 0 Å². The van der Waals surface area contributed by atoms with Gasteiger partial charge in [0, 0.05) is 26.1 Å². The molecule has 2 amide bonds. The van der Waals surface area contributed by atoms with E-state index < -0.39 is 0 Å². The summed E-state index contributed by atoms with van der Waals surface area (Å²) in [5, 5.41) is 4.02. The fourth-order valence-corrected chi connectivity index (χ4v) is 3.73. The molecule has 4 rings (SSSR count). The van der Waals surface area contributed by atoms with Crippen molar-refractivity contribution in [3.05, 3.63) is 60.0 Å². The van der Waals surface area contributed by atoms with Crippen molar-refractivity contribution in [3.63, 3.8) is 0 Å². The zero-order valence-corrected chi connectivity index (χ0v) is 15.4. The van der Waals surface area contributed by atoms with Crippen LogP contribution in [0.25, 0.3) is 0 Å². The molecule has 1 atom stereocenters. The van der Waals surface area contributed by atoms with Crippen molar-refractivity contribution in [2.24, 2.45) is 5.92 Å². The van der Waals surface area contributed by atoms with Gasteiger partial charge in [-0.05, 0) is 36.6 Å². The number of hydrogen-bond donors (Lipinski definition) is 0. The largest absolute Gasteiger partial charge is 0.337 e.